The average molecular weight is 195 g/mol. The minimum atomic E-state index is 0.0686. The number of hydrogen-bond acceptors (Lipinski definition) is 3. The van der Waals surface area contributed by atoms with Gasteiger partial charge in [-0.1, -0.05) is 20.3 Å². The van der Waals surface area contributed by atoms with Gasteiger partial charge in [0.1, 0.15) is 5.76 Å². The number of ketones is 1. The van der Waals surface area contributed by atoms with Crippen LogP contribution >= 0.6 is 0 Å². The van der Waals surface area contributed by atoms with E-state index < -0.39 is 0 Å². The van der Waals surface area contributed by atoms with E-state index in [1.807, 2.05) is 0 Å². The van der Waals surface area contributed by atoms with Crippen LogP contribution in [0.1, 0.15) is 43.0 Å². The van der Waals surface area contributed by atoms with Gasteiger partial charge in [0, 0.05) is 6.42 Å². The summed E-state index contributed by atoms with van der Waals surface area (Å²) in [4.78, 5) is 11.6. The molecule has 1 unspecified atom stereocenters. The SMILES string of the molecule is CCC(C)CC(=O)c1ccc(CN)o1. The van der Waals surface area contributed by atoms with Crippen LogP contribution in [0.4, 0.5) is 0 Å². The molecule has 1 atom stereocenters. The molecule has 1 rings (SSSR count). The van der Waals surface area contributed by atoms with E-state index in [9.17, 15) is 4.79 Å². The predicted octanol–water partition coefficient (Wildman–Crippen LogP) is 2.36. The van der Waals surface area contributed by atoms with E-state index in [-0.39, 0.29) is 5.78 Å². The number of rotatable bonds is 5. The van der Waals surface area contributed by atoms with Crippen molar-refractivity contribution in [1.82, 2.24) is 0 Å². The van der Waals surface area contributed by atoms with E-state index in [0.29, 0.717) is 30.4 Å². The Kier molecular flexibility index (Phi) is 3.89. The Bertz CT molecular complexity index is 304. The first-order valence-electron chi connectivity index (χ1n) is 4.99. The molecule has 1 aromatic rings. The average Bonchev–Trinajstić information content (AvgIpc) is 2.65. The molecule has 0 aromatic carbocycles. The quantitative estimate of drug-likeness (QED) is 0.734. The Morgan fingerprint density at radius 2 is 2.29 bits per heavy atom. The molecule has 78 valence electrons. The van der Waals surface area contributed by atoms with Crippen LogP contribution in [0.5, 0.6) is 0 Å². The van der Waals surface area contributed by atoms with Crippen LogP contribution in [0.25, 0.3) is 0 Å². The van der Waals surface area contributed by atoms with Gasteiger partial charge in [-0.3, -0.25) is 4.79 Å². The molecule has 0 spiro atoms. The van der Waals surface area contributed by atoms with Crippen LogP contribution in [-0.4, -0.2) is 5.78 Å². The molecule has 0 saturated heterocycles. The fourth-order valence-electron chi connectivity index (χ4n) is 1.20. The summed E-state index contributed by atoms with van der Waals surface area (Å²) in [5.74, 6) is 1.58. The summed E-state index contributed by atoms with van der Waals surface area (Å²) in [6.07, 6.45) is 1.56. The first kappa shape index (κ1) is 11.0. The monoisotopic (exact) mass is 195 g/mol. The lowest BCUT2D eigenvalue weighted by atomic mass is 10.0. The standard InChI is InChI=1S/C11H17NO2/c1-3-8(2)6-10(13)11-5-4-9(7-12)14-11/h4-5,8H,3,6-7,12H2,1-2H3. The van der Waals surface area contributed by atoms with Gasteiger partial charge in [0.05, 0.1) is 6.54 Å². The van der Waals surface area contributed by atoms with Gasteiger partial charge in [0.25, 0.3) is 0 Å². The van der Waals surface area contributed by atoms with Gasteiger partial charge in [0.15, 0.2) is 11.5 Å². The lowest BCUT2D eigenvalue weighted by Crippen LogP contribution is -2.04. The summed E-state index contributed by atoms with van der Waals surface area (Å²) in [5.41, 5.74) is 5.39. The topological polar surface area (TPSA) is 56.2 Å². The van der Waals surface area contributed by atoms with Gasteiger partial charge in [-0.2, -0.15) is 0 Å². The molecule has 1 heterocycles. The zero-order valence-electron chi connectivity index (χ0n) is 8.75. The third-order valence-corrected chi connectivity index (χ3v) is 2.37. The van der Waals surface area contributed by atoms with Crippen molar-refractivity contribution in [2.45, 2.75) is 33.2 Å². The predicted molar refractivity (Wildman–Crippen MR) is 55.0 cm³/mol. The molecule has 14 heavy (non-hydrogen) atoms. The maximum absolute atomic E-state index is 11.6. The van der Waals surface area contributed by atoms with E-state index in [4.69, 9.17) is 10.2 Å². The molecule has 0 saturated carbocycles. The maximum atomic E-state index is 11.6. The van der Waals surface area contributed by atoms with E-state index in [0.717, 1.165) is 6.42 Å². The van der Waals surface area contributed by atoms with Crippen LogP contribution in [0, 0.1) is 5.92 Å². The molecular weight excluding hydrogens is 178 g/mol. The fraction of sp³-hybridized carbons (Fsp3) is 0.545. The second-order valence-electron chi connectivity index (χ2n) is 3.61. The minimum absolute atomic E-state index is 0.0686. The largest absolute Gasteiger partial charge is 0.457 e. The van der Waals surface area contributed by atoms with Crippen molar-refractivity contribution in [3.05, 3.63) is 23.7 Å². The minimum Gasteiger partial charge on any atom is -0.457 e. The summed E-state index contributed by atoms with van der Waals surface area (Å²) in [6, 6.07) is 3.46. The van der Waals surface area contributed by atoms with Crippen molar-refractivity contribution >= 4 is 5.78 Å². The van der Waals surface area contributed by atoms with E-state index in [1.165, 1.54) is 0 Å². The van der Waals surface area contributed by atoms with Gasteiger partial charge in [-0.25, -0.2) is 0 Å². The molecule has 3 nitrogen and oxygen atoms in total. The molecule has 2 N–H and O–H groups in total. The number of carbonyl (C=O) groups is 1. The van der Waals surface area contributed by atoms with Crippen LogP contribution in [0.3, 0.4) is 0 Å². The molecule has 0 radical (unpaired) electrons. The third-order valence-electron chi connectivity index (χ3n) is 2.37. The van der Waals surface area contributed by atoms with Crippen molar-refractivity contribution < 1.29 is 9.21 Å². The smallest absolute Gasteiger partial charge is 0.198 e. The highest BCUT2D eigenvalue weighted by Crippen LogP contribution is 2.14. The lowest BCUT2D eigenvalue weighted by molar-refractivity contribution is 0.0934. The summed E-state index contributed by atoms with van der Waals surface area (Å²) < 4.78 is 5.27. The van der Waals surface area contributed by atoms with Crippen LogP contribution in [0.15, 0.2) is 16.5 Å². The fourth-order valence-corrected chi connectivity index (χ4v) is 1.20. The zero-order chi connectivity index (χ0) is 10.6. The second-order valence-corrected chi connectivity index (χ2v) is 3.61. The Morgan fingerprint density at radius 1 is 1.57 bits per heavy atom. The Hall–Kier alpha value is -1.09. The molecule has 1 aromatic heterocycles. The molecular formula is C11H17NO2. The molecule has 0 aliphatic rings. The van der Waals surface area contributed by atoms with Gasteiger partial charge in [-0.05, 0) is 18.1 Å². The number of nitrogens with two attached hydrogens (primary N) is 1. The number of hydrogen-bond donors (Lipinski definition) is 1. The van der Waals surface area contributed by atoms with Gasteiger partial charge in [0.2, 0.25) is 0 Å². The van der Waals surface area contributed by atoms with E-state index in [1.54, 1.807) is 12.1 Å². The zero-order valence-corrected chi connectivity index (χ0v) is 8.75. The Morgan fingerprint density at radius 3 is 2.79 bits per heavy atom. The van der Waals surface area contributed by atoms with Gasteiger partial charge < -0.3 is 10.2 Å². The summed E-state index contributed by atoms with van der Waals surface area (Å²) >= 11 is 0. The van der Waals surface area contributed by atoms with Crippen LogP contribution < -0.4 is 5.73 Å². The van der Waals surface area contributed by atoms with Crippen LogP contribution in [0.2, 0.25) is 0 Å². The van der Waals surface area contributed by atoms with Crippen molar-refractivity contribution in [2.75, 3.05) is 0 Å². The van der Waals surface area contributed by atoms with Crippen LogP contribution in [-0.2, 0) is 6.54 Å². The molecule has 0 aliphatic heterocycles. The van der Waals surface area contributed by atoms with Crippen molar-refractivity contribution in [1.29, 1.82) is 0 Å². The van der Waals surface area contributed by atoms with Crippen molar-refractivity contribution in [2.24, 2.45) is 11.7 Å². The van der Waals surface area contributed by atoms with Gasteiger partial charge in [-0.15, -0.1) is 0 Å². The Labute approximate surface area is 84.3 Å². The first-order chi connectivity index (χ1) is 6.67. The normalized spacial score (nSPS) is 12.8. The van der Waals surface area contributed by atoms with Crippen molar-refractivity contribution in [3.8, 4) is 0 Å². The Balaban J connectivity index is 2.60. The highest BCUT2D eigenvalue weighted by Gasteiger charge is 2.13. The number of carbonyl (C=O) groups excluding carboxylic acids is 1. The summed E-state index contributed by atoms with van der Waals surface area (Å²) in [6.45, 7) is 4.48. The molecule has 3 heteroatoms. The molecule has 0 fully saturated rings. The molecule has 0 aliphatic carbocycles. The summed E-state index contributed by atoms with van der Waals surface area (Å²) in [7, 11) is 0. The number of furan rings is 1. The third kappa shape index (κ3) is 2.70. The van der Waals surface area contributed by atoms with E-state index >= 15 is 0 Å². The lowest BCUT2D eigenvalue weighted by Gasteiger charge is -2.04. The maximum Gasteiger partial charge on any atom is 0.198 e. The highest BCUT2D eigenvalue weighted by atomic mass is 16.3. The van der Waals surface area contributed by atoms with Crippen molar-refractivity contribution in [3.63, 3.8) is 0 Å². The molecule has 0 amide bonds. The second kappa shape index (κ2) is 4.96. The highest BCUT2D eigenvalue weighted by molar-refractivity contribution is 5.93. The first-order valence-corrected chi connectivity index (χ1v) is 4.99. The molecule has 0 bridgehead atoms. The number of Topliss-reactive ketones (excluding diaryl/α,β-unsaturated/α-hetero) is 1. The summed E-state index contributed by atoms with van der Waals surface area (Å²) in [5, 5.41) is 0. The van der Waals surface area contributed by atoms with E-state index in [2.05, 4.69) is 13.8 Å². The van der Waals surface area contributed by atoms with Gasteiger partial charge >= 0.3 is 0 Å².